The van der Waals surface area contributed by atoms with Gasteiger partial charge < -0.3 is 10.8 Å². The number of aliphatic hydroxyl groups excluding tert-OH is 1. The summed E-state index contributed by atoms with van der Waals surface area (Å²) < 4.78 is 0. The summed E-state index contributed by atoms with van der Waals surface area (Å²) in [6, 6.07) is 6.53. The van der Waals surface area contributed by atoms with Gasteiger partial charge in [0, 0.05) is 5.02 Å². The molecular formula is C19H30ClNOSi. The average Bonchev–Trinajstić information content (AvgIpc) is 2.46. The quantitative estimate of drug-likeness (QED) is 0.584. The lowest BCUT2D eigenvalue weighted by Crippen LogP contribution is -2.44. The summed E-state index contributed by atoms with van der Waals surface area (Å²) >= 11 is 5.89. The Hall–Kier alpha value is -0.793. The molecule has 0 saturated heterocycles. The van der Waals surface area contributed by atoms with Crippen molar-refractivity contribution < 1.29 is 5.11 Å². The highest BCUT2D eigenvalue weighted by atomic mass is 35.5. The lowest BCUT2D eigenvalue weighted by atomic mass is 10.0. The van der Waals surface area contributed by atoms with Crippen molar-refractivity contribution in [2.75, 3.05) is 0 Å². The van der Waals surface area contributed by atoms with Gasteiger partial charge in [0.05, 0.1) is 6.04 Å². The van der Waals surface area contributed by atoms with E-state index in [2.05, 4.69) is 53.0 Å². The standard InChI is InChI=1S/C19H30ClNOSi/c1-13(2)23(14(3)4,15(5)6)12-11-18(21)19(22)16-7-9-17(20)10-8-16/h7-10,13-15,18-19,22H,21H2,1-6H3/t18-,19+/m0/s1. The summed E-state index contributed by atoms with van der Waals surface area (Å²) in [5.74, 6) is 3.19. The van der Waals surface area contributed by atoms with Crippen LogP contribution < -0.4 is 5.73 Å². The van der Waals surface area contributed by atoms with E-state index in [1.807, 2.05) is 0 Å². The van der Waals surface area contributed by atoms with E-state index in [1.54, 1.807) is 24.3 Å². The highest BCUT2D eigenvalue weighted by Crippen LogP contribution is 2.40. The smallest absolute Gasteiger partial charge is 0.146 e. The van der Waals surface area contributed by atoms with Crippen LogP contribution in [0.1, 0.15) is 53.2 Å². The van der Waals surface area contributed by atoms with Gasteiger partial charge in [-0.25, -0.2) is 0 Å². The van der Waals surface area contributed by atoms with Gasteiger partial charge in [-0.1, -0.05) is 71.2 Å². The highest BCUT2D eigenvalue weighted by molar-refractivity contribution is 6.90. The van der Waals surface area contributed by atoms with Gasteiger partial charge in [-0.15, -0.1) is 5.54 Å². The number of hydrogen-bond acceptors (Lipinski definition) is 2. The number of aliphatic hydroxyl groups is 1. The molecule has 0 saturated carbocycles. The topological polar surface area (TPSA) is 46.2 Å². The largest absolute Gasteiger partial charge is 0.386 e. The van der Waals surface area contributed by atoms with Gasteiger partial charge in [-0.3, -0.25) is 0 Å². The molecule has 0 aliphatic heterocycles. The number of benzene rings is 1. The van der Waals surface area contributed by atoms with E-state index >= 15 is 0 Å². The fourth-order valence-corrected chi connectivity index (χ4v) is 9.00. The third-order valence-corrected chi connectivity index (χ3v) is 11.4. The summed E-state index contributed by atoms with van der Waals surface area (Å²) in [7, 11) is -1.82. The highest BCUT2D eigenvalue weighted by Gasteiger charge is 2.41. The second-order valence-corrected chi connectivity index (χ2v) is 13.2. The molecular weight excluding hydrogens is 322 g/mol. The molecule has 23 heavy (non-hydrogen) atoms. The third-order valence-electron chi connectivity index (χ3n) is 4.87. The number of rotatable bonds is 5. The molecule has 0 unspecified atom stereocenters. The summed E-state index contributed by atoms with van der Waals surface area (Å²) in [6.45, 7) is 13.6. The fourth-order valence-electron chi connectivity index (χ4n) is 3.59. The summed E-state index contributed by atoms with van der Waals surface area (Å²) in [5, 5.41) is 11.1. The average molecular weight is 352 g/mol. The molecule has 0 aliphatic rings. The minimum Gasteiger partial charge on any atom is -0.386 e. The molecule has 1 aromatic carbocycles. The first kappa shape index (κ1) is 20.3. The Morgan fingerprint density at radius 3 is 1.78 bits per heavy atom. The first-order valence-corrected chi connectivity index (χ1v) is 11.0. The van der Waals surface area contributed by atoms with Gasteiger partial charge in [0.1, 0.15) is 14.2 Å². The minimum absolute atomic E-state index is 0.551. The molecule has 1 rings (SSSR count). The molecule has 0 aromatic heterocycles. The molecule has 2 atom stereocenters. The van der Waals surface area contributed by atoms with E-state index < -0.39 is 20.2 Å². The van der Waals surface area contributed by atoms with Crippen LogP contribution in [-0.2, 0) is 0 Å². The Bertz CT molecular complexity index is 535. The van der Waals surface area contributed by atoms with Crippen LogP contribution in [0.3, 0.4) is 0 Å². The SMILES string of the molecule is CC(C)[Si](C#C[C@H](N)[C@H](O)c1ccc(Cl)cc1)(C(C)C)C(C)C. The summed E-state index contributed by atoms with van der Waals surface area (Å²) in [4.78, 5) is 0. The molecule has 2 nitrogen and oxygen atoms in total. The fraction of sp³-hybridized carbons (Fsp3) is 0.579. The van der Waals surface area contributed by atoms with Crippen LogP contribution in [0.5, 0.6) is 0 Å². The van der Waals surface area contributed by atoms with E-state index in [0.717, 1.165) is 5.56 Å². The lowest BCUT2D eigenvalue weighted by molar-refractivity contribution is 0.166. The molecule has 1 aromatic rings. The van der Waals surface area contributed by atoms with Gasteiger partial charge in [-0.2, -0.15) is 0 Å². The summed E-state index contributed by atoms with van der Waals surface area (Å²) in [6.07, 6.45) is -0.794. The molecule has 0 fully saturated rings. The number of nitrogens with two attached hydrogens (primary N) is 1. The molecule has 0 heterocycles. The molecule has 4 heteroatoms. The Labute approximate surface area is 147 Å². The van der Waals surface area contributed by atoms with Gasteiger partial charge in [0.15, 0.2) is 0 Å². The van der Waals surface area contributed by atoms with Gasteiger partial charge in [0.2, 0.25) is 0 Å². The molecule has 0 radical (unpaired) electrons. The van der Waals surface area contributed by atoms with E-state index in [4.69, 9.17) is 17.3 Å². The Balaban J connectivity index is 3.08. The lowest BCUT2D eigenvalue weighted by Gasteiger charge is -2.38. The van der Waals surface area contributed by atoms with Gasteiger partial charge in [-0.05, 0) is 34.3 Å². The molecule has 128 valence electrons. The van der Waals surface area contributed by atoms with Crippen LogP contribution in [0.4, 0.5) is 0 Å². The van der Waals surface area contributed by atoms with Crippen molar-refractivity contribution in [2.45, 2.75) is 70.3 Å². The van der Waals surface area contributed by atoms with Crippen LogP contribution in [-0.4, -0.2) is 19.2 Å². The molecule has 0 amide bonds. The van der Waals surface area contributed by atoms with Crippen molar-refractivity contribution >= 4 is 19.7 Å². The van der Waals surface area contributed by atoms with Gasteiger partial charge in [0.25, 0.3) is 0 Å². The zero-order chi connectivity index (χ0) is 17.8. The van der Waals surface area contributed by atoms with Gasteiger partial charge >= 0.3 is 0 Å². The van der Waals surface area contributed by atoms with Crippen LogP contribution in [0.15, 0.2) is 24.3 Å². The normalized spacial score (nSPS) is 14.8. The Kier molecular flexibility index (Phi) is 7.35. The Morgan fingerprint density at radius 1 is 0.957 bits per heavy atom. The van der Waals surface area contributed by atoms with Crippen LogP contribution in [0, 0.1) is 11.5 Å². The summed E-state index contributed by atoms with van der Waals surface area (Å²) in [5.41, 5.74) is 12.1. The molecule has 0 spiro atoms. The van der Waals surface area contributed by atoms with Crippen molar-refractivity contribution in [3.05, 3.63) is 34.9 Å². The molecule has 3 N–H and O–H groups in total. The van der Waals surface area contributed by atoms with Crippen LogP contribution in [0.2, 0.25) is 21.6 Å². The van der Waals surface area contributed by atoms with E-state index in [1.165, 1.54) is 0 Å². The Morgan fingerprint density at radius 2 is 1.39 bits per heavy atom. The second kappa shape index (κ2) is 8.35. The maximum absolute atomic E-state index is 10.4. The van der Waals surface area contributed by atoms with Crippen molar-refractivity contribution in [3.8, 4) is 11.5 Å². The van der Waals surface area contributed by atoms with E-state index in [9.17, 15) is 5.11 Å². The third kappa shape index (κ3) is 4.61. The van der Waals surface area contributed by atoms with E-state index in [-0.39, 0.29) is 0 Å². The van der Waals surface area contributed by atoms with Crippen molar-refractivity contribution in [2.24, 2.45) is 5.73 Å². The predicted octanol–water partition coefficient (Wildman–Crippen LogP) is 4.92. The van der Waals surface area contributed by atoms with Crippen molar-refractivity contribution in [1.82, 2.24) is 0 Å². The monoisotopic (exact) mass is 351 g/mol. The zero-order valence-electron chi connectivity index (χ0n) is 15.1. The maximum Gasteiger partial charge on any atom is 0.146 e. The predicted molar refractivity (Wildman–Crippen MR) is 103 cm³/mol. The maximum atomic E-state index is 10.4. The first-order valence-electron chi connectivity index (χ1n) is 8.34. The molecule has 0 aliphatic carbocycles. The number of hydrogen-bond donors (Lipinski definition) is 2. The molecule has 0 bridgehead atoms. The van der Waals surface area contributed by atoms with Crippen LogP contribution in [0.25, 0.3) is 0 Å². The van der Waals surface area contributed by atoms with E-state index in [0.29, 0.717) is 21.6 Å². The van der Waals surface area contributed by atoms with Crippen LogP contribution >= 0.6 is 11.6 Å². The minimum atomic E-state index is -1.82. The second-order valence-electron chi connectivity index (χ2n) is 7.19. The zero-order valence-corrected chi connectivity index (χ0v) is 16.9. The van der Waals surface area contributed by atoms with Crippen molar-refractivity contribution in [3.63, 3.8) is 0 Å². The first-order chi connectivity index (χ1) is 10.6. The number of halogens is 1. The van der Waals surface area contributed by atoms with Crippen molar-refractivity contribution in [1.29, 1.82) is 0 Å².